The van der Waals surface area contributed by atoms with Gasteiger partial charge in [-0.3, -0.25) is 4.99 Å². The van der Waals surface area contributed by atoms with Crippen molar-refractivity contribution in [2.24, 2.45) is 4.99 Å². The largest absolute Gasteiger partial charge is 0.378 e. The molecule has 1 heterocycles. The van der Waals surface area contributed by atoms with Gasteiger partial charge in [-0.25, -0.2) is 0 Å². The summed E-state index contributed by atoms with van der Waals surface area (Å²) in [4.78, 5) is 7.92. The van der Waals surface area contributed by atoms with Gasteiger partial charge in [-0.05, 0) is 48.2 Å². The van der Waals surface area contributed by atoms with Gasteiger partial charge in [-0.1, -0.05) is 18.2 Å². The average Bonchev–Trinajstić information content (AvgIpc) is 2.82. The van der Waals surface area contributed by atoms with Gasteiger partial charge in [-0.2, -0.15) is 0 Å². The molecule has 21 heavy (non-hydrogen) atoms. The molecule has 1 aromatic heterocycles. The zero-order valence-electron chi connectivity index (χ0n) is 12.5. The molecule has 0 unspecified atom stereocenters. The Morgan fingerprint density at radius 2 is 1.71 bits per heavy atom. The van der Waals surface area contributed by atoms with E-state index < -0.39 is 0 Å². The Balaban J connectivity index is 1.89. The topological polar surface area (TPSA) is 15.6 Å². The first-order valence-electron chi connectivity index (χ1n) is 6.95. The van der Waals surface area contributed by atoms with Crippen LogP contribution in [0.3, 0.4) is 0 Å². The highest BCUT2D eigenvalue weighted by Crippen LogP contribution is 2.29. The zero-order chi connectivity index (χ0) is 14.8. The third-order valence-corrected chi connectivity index (χ3v) is 4.78. The van der Waals surface area contributed by atoms with Crippen molar-refractivity contribution >= 4 is 39.0 Å². The molecule has 0 N–H and O–H groups in total. The first-order valence-corrected chi connectivity index (χ1v) is 7.76. The Bertz CT molecular complexity index is 783. The molecule has 106 valence electrons. The molecule has 0 aliphatic rings. The predicted molar refractivity (Wildman–Crippen MR) is 94.6 cm³/mol. The highest BCUT2D eigenvalue weighted by molar-refractivity contribution is 7.20. The second-order valence-corrected chi connectivity index (χ2v) is 6.34. The molecule has 0 radical (unpaired) electrons. The zero-order valence-corrected chi connectivity index (χ0v) is 13.3. The van der Waals surface area contributed by atoms with Crippen LogP contribution in [0.2, 0.25) is 0 Å². The molecule has 0 saturated carbocycles. The van der Waals surface area contributed by atoms with Crippen molar-refractivity contribution in [3.8, 4) is 0 Å². The minimum Gasteiger partial charge on any atom is -0.378 e. The van der Waals surface area contributed by atoms with Gasteiger partial charge in [0.1, 0.15) is 0 Å². The van der Waals surface area contributed by atoms with Gasteiger partial charge in [0.2, 0.25) is 0 Å². The van der Waals surface area contributed by atoms with E-state index in [1.54, 1.807) is 11.3 Å². The molecule has 0 aliphatic heterocycles. The summed E-state index contributed by atoms with van der Waals surface area (Å²) in [5, 5.41) is 1.33. The maximum Gasteiger partial charge on any atom is 0.0631 e. The third kappa shape index (κ3) is 2.83. The fourth-order valence-corrected chi connectivity index (χ4v) is 3.37. The highest BCUT2D eigenvalue weighted by atomic mass is 32.1. The summed E-state index contributed by atoms with van der Waals surface area (Å²) in [6.45, 7) is 2.16. The van der Waals surface area contributed by atoms with E-state index in [2.05, 4.69) is 65.3 Å². The van der Waals surface area contributed by atoms with Crippen molar-refractivity contribution in [3.63, 3.8) is 0 Å². The van der Waals surface area contributed by atoms with Crippen molar-refractivity contribution in [3.05, 3.63) is 59.0 Å². The van der Waals surface area contributed by atoms with E-state index in [9.17, 15) is 0 Å². The van der Waals surface area contributed by atoms with E-state index in [0.29, 0.717) is 0 Å². The molecule has 0 saturated heterocycles. The summed E-state index contributed by atoms with van der Waals surface area (Å²) in [5.41, 5.74) is 3.48. The lowest BCUT2D eigenvalue weighted by atomic mass is 10.1. The summed E-state index contributed by atoms with van der Waals surface area (Å²) >= 11 is 1.79. The van der Waals surface area contributed by atoms with Crippen molar-refractivity contribution in [1.29, 1.82) is 0 Å². The molecule has 3 rings (SSSR count). The molecule has 0 amide bonds. The Labute approximate surface area is 129 Å². The van der Waals surface area contributed by atoms with Gasteiger partial charge in [-0.15, -0.1) is 11.3 Å². The predicted octanol–water partition coefficient (Wildman–Crippen LogP) is 5.03. The van der Waals surface area contributed by atoms with E-state index in [1.165, 1.54) is 26.2 Å². The summed E-state index contributed by atoms with van der Waals surface area (Å²) in [7, 11) is 4.08. The fraction of sp³-hybridized carbons (Fsp3) is 0.167. The van der Waals surface area contributed by atoms with E-state index in [-0.39, 0.29) is 0 Å². The number of rotatable bonds is 3. The number of benzene rings is 2. The van der Waals surface area contributed by atoms with Crippen LogP contribution in [0.5, 0.6) is 0 Å². The minimum atomic E-state index is 0.984. The standard InChI is InChI=1S/C18H18N2S/c1-13-16-6-4-5-7-17(16)21-18(13)12-19-14-8-10-15(11-9-14)20(2)3/h4-12H,1-3H3. The lowest BCUT2D eigenvalue weighted by molar-refractivity contribution is 1.13. The quantitative estimate of drug-likeness (QED) is 0.619. The maximum absolute atomic E-state index is 4.60. The number of aryl methyl sites for hydroxylation is 1. The summed E-state index contributed by atoms with van der Waals surface area (Å²) in [6.07, 6.45) is 1.98. The van der Waals surface area contributed by atoms with Gasteiger partial charge >= 0.3 is 0 Å². The van der Waals surface area contributed by atoms with Crippen molar-refractivity contribution in [1.82, 2.24) is 0 Å². The van der Waals surface area contributed by atoms with Crippen molar-refractivity contribution in [2.75, 3.05) is 19.0 Å². The van der Waals surface area contributed by atoms with E-state index in [0.717, 1.165) is 5.69 Å². The summed E-state index contributed by atoms with van der Waals surface area (Å²) < 4.78 is 1.32. The van der Waals surface area contributed by atoms with E-state index in [4.69, 9.17) is 0 Å². The van der Waals surface area contributed by atoms with Crippen LogP contribution in [0.15, 0.2) is 53.5 Å². The summed E-state index contributed by atoms with van der Waals surface area (Å²) in [5.74, 6) is 0. The van der Waals surface area contributed by atoms with Crippen LogP contribution in [0, 0.1) is 6.92 Å². The fourth-order valence-electron chi connectivity index (χ4n) is 2.29. The highest BCUT2D eigenvalue weighted by Gasteiger charge is 2.05. The van der Waals surface area contributed by atoms with E-state index in [1.807, 2.05) is 20.3 Å². The second-order valence-electron chi connectivity index (χ2n) is 5.26. The molecule has 2 aromatic carbocycles. The number of thiophene rings is 1. The molecular formula is C18H18N2S. The van der Waals surface area contributed by atoms with E-state index >= 15 is 0 Å². The van der Waals surface area contributed by atoms with Crippen LogP contribution >= 0.6 is 11.3 Å². The van der Waals surface area contributed by atoms with Crippen LogP contribution in [0.4, 0.5) is 11.4 Å². The molecule has 0 atom stereocenters. The summed E-state index contributed by atoms with van der Waals surface area (Å²) in [6, 6.07) is 16.8. The first kappa shape index (κ1) is 13.8. The third-order valence-electron chi connectivity index (χ3n) is 3.58. The van der Waals surface area contributed by atoms with Gasteiger partial charge in [0, 0.05) is 35.6 Å². The molecule has 0 fully saturated rings. The van der Waals surface area contributed by atoms with Gasteiger partial charge < -0.3 is 4.90 Å². The average molecular weight is 294 g/mol. The molecule has 0 spiro atoms. The normalized spacial score (nSPS) is 11.4. The Morgan fingerprint density at radius 3 is 2.38 bits per heavy atom. The maximum atomic E-state index is 4.60. The number of anilines is 1. The molecule has 3 heteroatoms. The monoisotopic (exact) mass is 294 g/mol. The number of fused-ring (bicyclic) bond motifs is 1. The van der Waals surface area contributed by atoms with Crippen LogP contribution in [0.1, 0.15) is 10.4 Å². The second kappa shape index (κ2) is 5.70. The molecule has 0 aliphatic carbocycles. The Morgan fingerprint density at radius 1 is 1.00 bits per heavy atom. The van der Waals surface area contributed by atoms with Crippen LogP contribution in [0.25, 0.3) is 10.1 Å². The number of hydrogen-bond acceptors (Lipinski definition) is 3. The SMILES string of the molecule is Cc1c(C=Nc2ccc(N(C)C)cc2)sc2ccccc12. The van der Waals surface area contributed by atoms with Crippen molar-refractivity contribution in [2.45, 2.75) is 6.92 Å². The molecular weight excluding hydrogens is 276 g/mol. The number of aliphatic imine (C=N–C) groups is 1. The molecule has 2 nitrogen and oxygen atoms in total. The lowest BCUT2D eigenvalue weighted by Crippen LogP contribution is -2.07. The van der Waals surface area contributed by atoms with Crippen LogP contribution < -0.4 is 4.90 Å². The van der Waals surface area contributed by atoms with Gasteiger partial charge in [0.05, 0.1) is 5.69 Å². The number of hydrogen-bond donors (Lipinski definition) is 0. The smallest absolute Gasteiger partial charge is 0.0631 e. The molecule has 0 bridgehead atoms. The Kier molecular flexibility index (Phi) is 3.76. The van der Waals surface area contributed by atoms with Crippen LogP contribution in [-0.4, -0.2) is 20.3 Å². The van der Waals surface area contributed by atoms with Crippen LogP contribution in [-0.2, 0) is 0 Å². The van der Waals surface area contributed by atoms with Gasteiger partial charge in [0.15, 0.2) is 0 Å². The number of nitrogens with zero attached hydrogens (tertiary/aromatic N) is 2. The first-order chi connectivity index (χ1) is 10.1. The van der Waals surface area contributed by atoms with Gasteiger partial charge in [0.25, 0.3) is 0 Å². The van der Waals surface area contributed by atoms with Crippen molar-refractivity contribution < 1.29 is 0 Å². The minimum absolute atomic E-state index is 0.984. The lowest BCUT2D eigenvalue weighted by Gasteiger charge is -2.11. The Hall–Kier alpha value is -2.13. The molecule has 3 aromatic rings.